The molecule has 4 rings (SSSR count). The van der Waals surface area contributed by atoms with E-state index in [0.29, 0.717) is 33.8 Å². The van der Waals surface area contributed by atoms with Crippen molar-refractivity contribution in [2.75, 3.05) is 11.0 Å². The maximum atomic E-state index is 14.3. The number of anilines is 1. The number of rotatable bonds is 3. The standard InChI is InChI=1S/C20H17F3N2O3S/c1-29(26,27)25-18-7-10-6-17(24)20(13-8-15(22)16(23)9-14(13)21)28-19(10)12-5-3-2-4-11(12)18/h2-5,7-9,17,20,25H,6,24H2,1H3. The molecule has 0 spiro atoms. The summed E-state index contributed by atoms with van der Waals surface area (Å²) in [7, 11) is -3.53. The summed E-state index contributed by atoms with van der Waals surface area (Å²) in [6, 6.07) is 9.02. The Morgan fingerprint density at radius 2 is 1.69 bits per heavy atom. The largest absolute Gasteiger partial charge is 0.483 e. The molecule has 0 aromatic heterocycles. The van der Waals surface area contributed by atoms with Gasteiger partial charge in [-0.3, -0.25) is 4.72 Å². The van der Waals surface area contributed by atoms with Gasteiger partial charge in [0.25, 0.3) is 0 Å². The molecule has 152 valence electrons. The van der Waals surface area contributed by atoms with Gasteiger partial charge in [0.05, 0.1) is 18.0 Å². The molecule has 1 aliphatic rings. The van der Waals surface area contributed by atoms with Crippen LogP contribution in [-0.2, 0) is 16.4 Å². The average Bonchev–Trinajstić information content (AvgIpc) is 2.63. The molecule has 3 N–H and O–H groups in total. The summed E-state index contributed by atoms with van der Waals surface area (Å²) in [5, 5.41) is 1.17. The van der Waals surface area contributed by atoms with Gasteiger partial charge >= 0.3 is 0 Å². The summed E-state index contributed by atoms with van der Waals surface area (Å²) in [6.07, 6.45) is 0.238. The second kappa shape index (κ2) is 6.93. The molecule has 2 atom stereocenters. The van der Waals surface area contributed by atoms with Crippen molar-refractivity contribution < 1.29 is 26.3 Å². The average molecular weight is 422 g/mol. The van der Waals surface area contributed by atoms with E-state index in [1.165, 1.54) is 0 Å². The van der Waals surface area contributed by atoms with E-state index in [9.17, 15) is 21.6 Å². The van der Waals surface area contributed by atoms with Crippen molar-refractivity contribution in [2.45, 2.75) is 18.6 Å². The van der Waals surface area contributed by atoms with Crippen LogP contribution in [0.25, 0.3) is 10.8 Å². The van der Waals surface area contributed by atoms with Gasteiger partial charge in [0.1, 0.15) is 17.7 Å². The van der Waals surface area contributed by atoms with Crippen LogP contribution < -0.4 is 15.2 Å². The molecule has 0 aliphatic carbocycles. The topological polar surface area (TPSA) is 81.4 Å². The minimum absolute atomic E-state index is 0.176. The van der Waals surface area contributed by atoms with Crippen LogP contribution in [0.2, 0.25) is 0 Å². The number of hydrogen-bond acceptors (Lipinski definition) is 4. The second-order valence-corrected chi connectivity index (χ2v) is 8.77. The molecule has 29 heavy (non-hydrogen) atoms. The lowest BCUT2D eigenvalue weighted by atomic mass is 9.90. The zero-order valence-corrected chi connectivity index (χ0v) is 16.1. The predicted octanol–water partition coefficient (Wildman–Crippen LogP) is 3.63. The van der Waals surface area contributed by atoms with E-state index in [1.54, 1.807) is 30.3 Å². The first-order valence-corrected chi connectivity index (χ1v) is 10.6. The Balaban J connectivity index is 1.86. The van der Waals surface area contributed by atoms with Crippen molar-refractivity contribution in [1.29, 1.82) is 0 Å². The zero-order valence-electron chi connectivity index (χ0n) is 15.2. The summed E-state index contributed by atoms with van der Waals surface area (Å²) >= 11 is 0. The Kier molecular flexibility index (Phi) is 4.66. The number of nitrogens with one attached hydrogen (secondary N) is 1. The lowest BCUT2D eigenvalue weighted by molar-refractivity contribution is 0.151. The number of fused-ring (bicyclic) bond motifs is 3. The molecule has 1 aliphatic heterocycles. The highest BCUT2D eigenvalue weighted by Crippen LogP contribution is 2.43. The second-order valence-electron chi connectivity index (χ2n) is 7.03. The molecule has 0 radical (unpaired) electrons. The van der Waals surface area contributed by atoms with Crippen molar-refractivity contribution >= 4 is 26.5 Å². The molecule has 0 amide bonds. The van der Waals surface area contributed by atoms with E-state index in [-0.39, 0.29) is 12.0 Å². The summed E-state index contributed by atoms with van der Waals surface area (Å²) in [4.78, 5) is 0. The van der Waals surface area contributed by atoms with Crippen LogP contribution in [0, 0.1) is 17.5 Å². The number of benzene rings is 3. The van der Waals surface area contributed by atoms with Crippen molar-refractivity contribution in [3.63, 3.8) is 0 Å². The lowest BCUT2D eigenvalue weighted by Gasteiger charge is -2.33. The SMILES string of the molecule is CS(=O)(=O)Nc1cc2c(c3ccccc13)OC(c1cc(F)c(F)cc1F)C(N)C2. The summed E-state index contributed by atoms with van der Waals surface area (Å²) < 4.78 is 73.2. The Hall–Kier alpha value is -2.78. The first-order chi connectivity index (χ1) is 13.6. The molecule has 0 saturated carbocycles. The molecule has 5 nitrogen and oxygen atoms in total. The van der Waals surface area contributed by atoms with E-state index >= 15 is 0 Å². The summed E-state index contributed by atoms with van der Waals surface area (Å²) in [5.74, 6) is -3.04. The van der Waals surface area contributed by atoms with E-state index in [1.807, 2.05) is 0 Å². The van der Waals surface area contributed by atoms with E-state index in [2.05, 4.69) is 4.72 Å². The van der Waals surface area contributed by atoms with Gasteiger partial charge in [0, 0.05) is 22.4 Å². The van der Waals surface area contributed by atoms with Gasteiger partial charge in [-0.2, -0.15) is 0 Å². The zero-order chi connectivity index (χ0) is 20.9. The highest BCUT2D eigenvalue weighted by Gasteiger charge is 2.33. The fourth-order valence-electron chi connectivity index (χ4n) is 3.61. The molecule has 0 saturated heterocycles. The Labute approximate surface area is 165 Å². The van der Waals surface area contributed by atoms with E-state index in [0.717, 1.165) is 12.3 Å². The number of nitrogens with two attached hydrogens (primary N) is 1. The molecule has 1 heterocycles. The third-order valence-electron chi connectivity index (χ3n) is 4.80. The minimum Gasteiger partial charge on any atom is -0.483 e. The van der Waals surface area contributed by atoms with Crippen molar-refractivity contribution in [1.82, 2.24) is 0 Å². The monoisotopic (exact) mass is 422 g/mol. The number of halogens is 3. The fraction of sp³-hybridized carbons (Fsp3) is 0.200. The van der Waals surface area contributed by atoms with Gasteiger partial charge in [-0.15, -0.1) is 0 Å². The van der Waals surface area contributed by atoms with Gasteiger partial charge < -0.3 is 10.5 Å². The third kappa shape index (κ3) is 3.63. The highest BCUT2D eigenvalue weighted by molar-refractivity contribution is 7.92. The molecule has 0 fully saturated rings. The van der Waals surface area contributed by atoms with Crippen LogP contribution in [0.4, 0.5) is 18.9 Å². The third-order valence-corrected chi connectivity index (χ3v) is 5.39. The van der Waals surface area contributed by atoms with Crippen LogP contribution in [0.3, 0.4) is 0 Å². The Bertz CT molecular complexity index is 1230. The number of sulfonamides is 1. The first-order valence-electron chi connectivity index (χ1n) is 8.73. The molecule has 0 bridgehead atoms. The Morgan fingerprint density at radius 1 is 1.03 bits per heavy atom. The summed E-state index contributed by atoms with van der Waals surface area (Å²) in [6.45, 7) is 0. The van der Waals surface area contributed by atoms with Crippen LogP contribution in [0.1, 0.15) is 17.2 Å². The lowest BCUT2D eigenvalue weighted by Crippen LogP contribution is -2.38. The molecular formula is C20H17F3N2O3S. The number of ether oxygens (including phenoxy) is 1. The summed E-state index contributed by atoms with van der Waals surface area (Å²) in [5.41, 5.74) is 6.98. The van der Waals surface area contributed by atoms with E-state index in [4.69, 9.17) is 10.5 Å². The molecule has 2 unspecified atom stereocenters. The van der Waals surface area contributed by atoms with Crippen LogP contribution in [-0.4, -0.2) is 20.7 Å². The maximum absolute atomic E-state index is 14.3. The van der Waals surface area contributed by atoms with Gasteiger partial charge in [0.15, 0.2) is 11.6 Å². The molecule has 3 aromatic rings. The van der Waals surface area contributed by atoms with Gasteiger partial charge in [-0.05, 0) is 24.1 Å². The Morgan fingerprint density at radius 3 is 2.38 bits per heavy atom. The maximum Gasteiger partial charge on any atom is 0.229 e. The smallest absolute Gasteiger partial charge is 0.229 e. The number of hydrogen-bond donors (Lipinski definition) is 2. The molecule has 3 aromatic carbocycles. The highest BCUT2D eigenvalue weighted by atomic mass is 32.2. The normalized spacial score (nSPS) is 18.9. The predicted molar refractivity (Wildman–Crippen MR) is 104 cm³/mol. The van der Waals surface area contributed by atoms with Crippen LogP contribution >= 0.6 is 0 Å². The first kappa shape index (κ1) is 19.5. The van der Waals surface area contributed by atoms with Gasteiger partial charge in [0.2, 0.25) is 10.0 Å². The van der Waals surface area contributed by atoms with Crippen molar-refractivity contribution in [2.24, 2.45) is 5.73 Å². The van der Waals surface area contributed by atoms with Crippen LogP contribution in [0.5, 0.6) is 5.75 Å². The van der Waals surface area contributed by atoms with E-state index < -0.39 is 39.6 Å². The van der Waals surface area contributed by atoms with Crippen LogP contribution in [0.15, 0.2) is 42.5 Å². The fourth-order valence-corrected chi connectivity index (χ4v) is 4.18. The van der Waals surface area contributed by atoms with Crippen molar-refractivity contribution in [3.05, 3.63) is 71.0 Å². The quantitative estimate of drug-likeness (QED) is 0.632. The van der Waals surface area contributed by atoms with Crippen molar-refractivity contribution in [3.8, 4) is 5.75 Å². The molecular weight excluding hydrogens is 405 g/mol. The molecule has 9 heteroatoms. The minimum atomic E-state index is -3.53. The van der Waals surface area contributed by atoms with Gasteiger partial charge in [-0.25, -0.2) is 21.6 Å². The van der Waals surface area contributed by atoms with Gasteiger partial charge in [-0.1, -0.05) is 24.3 Å².